The van der Waals surface area contributed by atoms with Crippen molar-refractivity contribution in [1.29, 1.82) is 5.26 Å². The maximum Gasteiger partial charge on any atom is 0.193 e. The smallest absolute Gasteiger partial charge is 0.193 e. The Kier molecular flexibility index (Phi) is 5.03. The number of fused-ring (bicyclic) bond motifs is 1. The Morgan fingerprint density at radius 1 is 1.08 bits per heavy atom. The molecule has 0 saturated heterocycles. The number of ether oxygens (including phenoxy) is 2. The van der Waals surface area contributed by atoms with E-state index in [1.54, 1.807) is 50.6 Å². The van der Waals surface area contributed by atoms with E-state index in [0.717, 1.165) is 0 Å². The molecule has 0 atom stereocenters. The number of benzene rings is 2. The summed E-state index contributed by atoms with van der Waals surface area (Å²) in [4.78, 5) is 12.4. The number of rotatable bonds is 3. The molecule has 0 aliphatic carbocycles. The van der Waals surface area contributed by atoms with Gasteiger partial charge in [-0.2, -0.15) is 5.26 Å². The van der Waals surface area contributed by atoms with Crippen molar-refractivity contribution in [2.24, 2.45) is 0 Å². The van der Waals surface area contributed by atoms with Crippen LogP contribution in [-0.4, -0.2) is 20.8 Å². The lowest BCUT2D eigenvalue weighted by atomic mass is 10.0. The monoisotopic (exact) mass is 345 g/mol. The molecule has 0 unspecified atom stereocenters. The summed E-state index contributed by atoms with van der Waals surface area (Å²) in [5.41, 5.74) is 1.94. The van der Waals surface area contributed by atoms with Crippen LogP contribution in [0.3, 0.4) is 0 Å². The molecule has 0 saturated carbocycles. The Morgan fingerprint density at radius 3 is 2.65 bits per heavy atom. The molecule has 0 N–H and O–H groups in total. The van der Waals surface area contributed by atoms with Gasteiger partial charge in [0.2, 0.25) is 0 Å². The zero-order valence-electron chi connectivity index (χ0n) is 14.3. The van der Waals surface area contributed by atoms with E-state index >= 15 is 0 Å². The minimum absolute atomic E-state index is 0.153. The second-order valence-electron chi connectivity index (χ2n) is 5.44. The van der Waals surface area contributed by atoms with Crippen LogP contribution >= 0.6 is 0 Å². The zero-order chi connectivity index (χ0) is 18.5. The van der Waals surface area contributed by atoms with Gasteiger partial charge in [0.15, 0.2) is 5.43 Å². The van der Waals surface area contributed by atoms with Gasteiger partial charge in [0.25, 0.3) is 0 Å². The van der Waals surface area contributed by atoms with Gasteiger partial charge in [0.1, 0.15) is 29.8 Å². The van der Waals surface area contributed by atoms with Crippen LogP contribution in [0.1, 0.15) is 11.1 Å². The summed E-state index contributed by atoms with van der Waals surface area (Å²) in [7, 11) is 3.10. The number of hydrogen-bond acceptors (Lipinski definition) is 5. The molecule has 1 heterocycles. The lowest BCUT2D eigenvalue weighted by molar-refractivity contribution is 0.240. The van der Waals surface area contributed by atoms with Crippen molar-refractivity contribution in [1.82, 2.24) is 0 Å². The first kappa shape index (κ1) is 17.3. The lowest BCUT2D eigenvalue weighted by Gasteiger charge is -2.06. The third kappa shape index (κ3) is 3.44. The summed E-state index contributed by atoms with van der Waals surface area (Å²) < 4.78 is 16.0. The van der Waals surface area contributed by atoms with Crippen molar-refractivity contribution in [3.63, 3.8) is 0 Å². The molecule has 2 aromatic carbocycles. The molecule has 3 rings (SSSR count). The van der Waals surface area contributed by atoms with Gasteiger partial charge in [-0.3, -0.25) is 4.79 Å². The van der Waals surface area contributed by atoms with E-state index in [1.807, 2.05) is 0 Å². The lowest BCUT2D eigenvalue weighted by Crippen LogP contribution is -2.00. The largest absolute Gasteiger partial charge is 0.497 e. The molecule has 0 amide bonds. The normalized spacial score (nSPS) is 10.0. The van der Waals surface area contributed by atoms with Crippen molar-refractivity contribution < 1.29 is 13.9 Å². The van der Waals surface area contributed by atoms with Gasteiger partial charge in [-0.25, -0.2) is 0 Å². The molecule has 26 heavy (non-hydrogen) atoms. The maximum absolute atomic E-state index is 12.4. The first-order chi connectivity index (χ1) is 12.7. The first-order valence-corrected chi connectivity index (χ1v) is 7.80. The first-order valence-electron chi connectivity index (χ1n) is 7.80. The number of nitrogens with zero attached hydrogens (tertiary/aromatic N) is 1. The maximum atomic E-state index is 12.4. The SMILES string of the molecule is COCC#Cc1cc(-c2cc(=O)c3ccc(OC)cc3o2)ccc1C#N. The van der Waals surface area contributed by atoms with Crippen molar-refractivity contribution in [2.75, 3.05) is 20.8 Å². The summed E-state index contributed by atoms with van der Waals surface area (Å²) in [5.74, 6) is 6.74. The van der Waals surface area contributed by atoms with Gasteiger partial charge in [0, 0.05) is 30.4 Å². The van der Waals surface area contributed by atoms with E-state index in [-0.39, 0.29) is 12.0 Å². The Morgan fingerprint density at radius 2 is 1.92 bits per heavy atom. The topological polar surface area (TPSA) is 72.5 Å². The Labute approximate surface area is 150 Å². The molecule has 5 nitrogen and oxygen atoms in total. The third-order valence-corrected chi connectivity index (χ3v) is 3.80. The van der Waals surface area contributed by atoms with Crippen LogP contribution in [0.4, 0.5) is 0 Å². The molecule has 3 aromatic rings. The molecule has 0 aliphatic rings. The van der Waals surface area contributed by atoms with Gasteiger partial charge in [0.05, 0.1) is 18.1 Å². The van der Waals surface area contributed by atoms with Crippen LogP contribution in [0.5, 0.6) is 5.75 Å². The Bertz CT molecular complexity index is 1130. The van der Waals surface area contributed by atoms with Gasteiger partial charge in [-0.15, -0.1) is 0 Å². The van der Waals surface area contributed by atoms with E-state index in [1.165, 1.54) is 6.07 Å². The van der Waals surface area contributed by atoms with Crippen LogP contribution in [0.2, 0.25) is 0 Å². The fourth-order valence-corrected chi connectivity index (χ4v) is 2.51. The molecule has 5 heteroatoms. The number of hydrogen-bond donors (Lipinski definition) is 0. The Balaban J connectivity index is 2.14. The fourth-order valence-electron chi connectivity index (χ4n) is 2.51. The number of nitriles is 1. The van der Waals surface area contributed by atoms with Crippen molar-refractivity contribution in [2.45, 2.75) is 0 Å². The predicted molar refractivity (Wildman–Crippen MR) is 97.9 cm³/mol. The van der Waals surface area contributed by atoms with E-state index in [0.29, 0.717) is 39.2 Å². The van der Waals surface area contributed by atoms with E-state index in [4.69, 9.17) is 13.9 Å². The Hall–Kier alpha value is -3.54. The summed E-state index contributed by atoms with van der Waals surface area (Å²) in [6, 6.07) is 13.7. The second-order valence-corrected chi connectivity index (χ2v) is 5.44. The van der Waals surface area contributed by atoms with Crippen LogP contribution in [0, 0.1) is 23.2 Å². The zero-order valence-corrected chi connectivity index (χ0v) is 14.3. The molecule has 0 spiro atoms. The molecular weight excluding hydrogens is 330 g/mol. The molecule has 0 aliphatic heterocycles. The van der Waals surface area contributed by atoms with Gasteiger partial charge < -0.3 is 13.9 Å². The highest BCUT2D eigenvalue weighted by Gasteiger charge is 2.10. The highest BCUT2D eigenvalue weighted by atomic mass is 16.5. The fraction of sp³-hybridized carbons (Fsp3) is 0.143. The minimum Gasteiger partial charge on any atom is -0.497 e. The van der Waals surface area contributed by atoms with Crippen LogP contribution in [-0.2, 0) is 4.74 Å². The van der Waals surface area contributed by atoms with Crippen LogP contribution < -0.4 is 10.2 Å². The standard InChI is InChI=1S/C21H15NO4/c1-24-9-3-4-14-10-15(5-6-16(14)13-22)20-12-19(23)18-8-7-17(25-2)11-21(18)26-20/h5-8,10-12H,9H2,1-2H3. The average Bonchev–Trinajstić information content (AvgIpc) is 2.67. The van der Waals surface area contributed by atoms with Crippen LogP contribution in [0.15, 0.2) is 51.7 Å². The molecule has 0 fully saturated rings. The van der Waals surface area contributed by atoms with Gasteiger partial charge in [-0.1, -0.05) is 11.8 Å². The highest BCUT2D eigenvalue weighted by molar-refractivity contribution is 5.80. The van der Waals surface area contributed by atoms with Gasteiger partial charge in [-0.05, 0) is 30.3 Å². The summed E-state index contributed by atoms with van der Waals surface area (Å²) >= 11 is 0. The summed E-state index contributed by atoms with van der Waals surface area (Å²) in [6.07, 6.45) is 0. The van der Waals surface area contributed by atoms with Crippen LogP contribution in [0.25, 0.3) is 22.3 Å². The molecule has 0 bridgehead atoms. The number of methoxy groups -OCH3 is 2. The minimum atomic E-state index is -0.153. The summed E-state index contributed by atoms with van der Waals surface area (Å²) in [6.45, 7) is 0.264. The van der Waals surface area contributed by atoms with Crippen molar-refractivity contribution in [3.05, 3.63) is 63.8 Å². The van der Waals surface area contributed by atoms with E-state index < -0.39 is 0 Å². The van der Waals surface area contributed by atoms with Crippen molar-refractivity contribution >= 4 is 11.0 Å². The summed E-state index contributed by atoms with van der Waals surface area (Å²) in [5, 5.41) is 9.72. The third-order valence-electron chi connectivity index (χ3n) is 3.80. The van der Waals surface area contributed by atoms with E-state index in [2.05, 4.69) is 17.9 Å². The predicted octanol–water partition coefficient (Wildman–Crippen LogP) is 3.34. The highest BCUT2D eigenvalue weighted by Crippen LogP contribution is 2.26. The van der Waals surface area contributed by atoms with E-state index in [9.17, 15) is 10.1 Å². The molecular formula is C21H15NO4. The molecule has 1 aromatic heterocycles. The molecule has 128 valence electrons. The quantitative estimate of drug-likeness (QED) is 0.681. The second kappa shape index (κ2) is 7.57. The molecule has 0 radical (unpaired) electrons. The van der Waals surface area contributed by atoms with Gasteiger partial charge >= 0.3 is 0 Å². The average molecular weight is 345 g/mol. The van der Waals surface area contributed by atoms with Crippen molar-refractivity contribution in [3.8, 4) is 35.0 Å².